The average molecular weight is 336 g/mol. The van der Waals surface area contributed by atoms with E-state index in [1.54, 1.807) is 44.0 Å². The Kier molecular flexibility index (Phi) is 5.17. The molecule has 0 atom stereocenters. The van der Waals surface area contributed by atoms with Crippen LogP contribution in [-0.2, 0) is 23.6 Å². The maximum atomic E-state index is 12.5. The Bertz CT molecular complexity index is 799. The topological polar surface area (TPSA) is 84.3 Å². The standard InChI is InChI=1S/C15H20N4O3S/c1-4-17-23(21,22)14-7-5-6-13(8-14)15(20)18(2)10-12-9-16-19(3)11-12/h5-9,11,17H,4,10H2,1-3H3. The van der Waals surface area contributed by atoms with E-state index in [1.807, 2.05) is 6.20 Å². The van der Waals surface area contributed by atoms with Gasteiger partial charge >= 0.3 is 0 Å². The molecule has 1 N–H and O–H groups in total. The number of amides is 1. The van der Waals surface area contributed by atoms with Gasteiger partial charge in [-0.3, -0.25) is 9.48 Å². The Morgan fingerprint density at radius 2 is 2.13 bits per heavy atom. The SMILES string of the molecule is CCNS(=O)(=O)c1cccc(C(=O)N(C)Cc2cnn(C)c2)c1. The Morgan fingerprint density at radius 1 is 1.39 bits per heavy atom. The predicted octanol–water partition coefficient (Wildman–Crippen LogP) is 0.990. The van der Waals surface area contributed by atoms with Crippen LogP contribution in [0.3, 0.4) is 0 Å². The minimum atomic E-state index is -3.58. The van der Waals surface area contributed by atoms with Crippen molar-refractivity contribution in [3.8, 4) is 0 Å². The molecule has 1 aromatic carbocycles. The molecule has 0 aliphatic rings. The van der Waals surface area contributed by atoms with Gasteiger partial charge in [-0.15, -0.1) is 0 Å². The first-order valence-corrected chi connectivity index (χ1v) is 8.64. The third-order valence-corrected chi connectivity index (χ3v) is 4.79. The molecule has 1 aromatic heterocycles. The fraction of sp³-hybridized carbons (Fsp3) is 0.333. The monoisotopic (exact) mass is 336 g/mol. The number of carbonyl (C=O) groups is 1. The summed E-state index contributed by atoms with van der Waals surface area (Å²) in [5.74, 6) is -0.248. The second-order valence-corrected chi connectivity index (χ2v) is 6.98. The molecule has 1 amide bonds. The lowest BCUT2D eigenvalue weighted by Gasteiger charge is -2.16. The van der Waals surface area contributed by atoms with E-state index in [1.165, 1.54) is 17.0 Å². The molecule has 0 fully saturated rings. The molecule has 0 saturated heterocycles. The van der Waals surface area contributed by atoms with Gasteiger partial charge in [0.15, 0.2) is 0 Å². The van der Waals surface area contributed by atoms with Crippen molar-refractivity contribution in [3.63, 3.8) is 0 Å². The third-order valence-electron chi connectivity index (χ3n) is 3.25. The second-order valence-electron chi connectivity index (χ2n) is 5.21. The van der Waals surface area contributed by atoms with Crippen molar-refractivity contribution in [1.29, 1.82) is 0 Å². The Balaban J connectivity index is 2.19. The highest BCUT2D eigenvalue weighted by Crippen LogP contribution is 2.14. The molecule has 0 aliphatic carbocycles. The van der Waals surface area contributed by atoms with Gasteiger partial charge in [0.05, 0.1) is 11.1 Å². The first kappa shape index (κ1) is 17.2. The molecule has 0 spiro atoms. The molecular weight excluding hydrogens is 316 g/mol. The maximum Gasteiger partial charge on any atom is 0.253 e. The number of benzene rings is 1. The molecule has 0 aliphatic heterocycles. The first-order chi connectivity index (χ1) is 10.8. The summed E-state index contributed by atoms with van der Waals surface area (Å²) in [7, 11) is -0.108. The van der Waals surface area contributed by atoms with Crippen molar-refractivity contribution < 1.29 is 13.2 Å². The van der Waals surface area contributed by atoms with Crippen LogP contribution in [-0.4, -0.2) is 42.6 Å². The van der Waals surface area contributed by atoms with Gasteiger partial charge < -0.3 is 4.90 Å². The van der Waals surface area contributed by atoms with Gasteiger partial charge in [-0.05, 0) is 18.2 Å². The van der Waals surface area contributed by atoms with Crippen LogP contribution >= 0.6 is 0 Å². The van der Waals surface area contributed by atoms with Crippen LogP contribution in [0, 0.1) is 0 Å². The minimum absolute atomic E-state index is 0.0833. The van der Waals surface area contributed by atoms with Gasteiger partial charge in [-0.2, -0.15) is 5.10 Å². The third kappa shape index (κ3) is 4.17. The molecule has 1 heterocycles. The molecule has 2 aromatic rings. The van der Waals surface area contributed by atoms with Gasteiger partial charge in [0.2, 0.25) is 10.0 Å². The molecule has 0 saturated carbocycles. The fourth-order valence-corrected chi connectivity index (χ4v) is 3.28. The largest absolute Gasteiger partial charge is 0.337 e. The van der Waals surface area contributed by atoms with Crippen LogP contribution in [0.4, 0.5) is 0 Å². The molecular formula is C15H20N4O3S. The van der Waals surface area contributed by atoms with Gasteiger partial charge in [-0.25, -0.2) is 13.1 Å². The molecule has 7 nitrogen and oxygen atoms in total. The van der Waals surface area contributed by atoms with Crippen molar-refractivity contribution >= 4 is 15.9 Å². The lowest BCUT2D eigenvalue weighted by atomic mass is 10.2. The summed E-state index contributed by atoms with van der Waals surface area (Å²) < 4.78 is 28.1. The number of hydrogen-bond acceptors (Lipinski definition) is 4. The quantitative estimate of drug-likeness (QED) is 0.852. The van der Waals surface area contributed by atoms with Crippen LogP contribution in [0.15, 0.2) is 41.6 Å². The van der Waals surface area contributed by atoms with Gasteiger partial charge in [0.1, 0.15) is 0 Å². The fourth-order valence-electron chi connectivity index (χ4n) is 2.19. The van der Waals surface area contributed by atoms with E-state index in [-0.39, 0.29) is 10.8 Å². The second kappa shape index (κ2) is 6.93. The van der Waals surface area contributed by atoms with E-state index < -0.39 is 10.0 Å². The molecule has 0 bridgehead atoms. The number of carbonyl (C=O) groups excluding carboxylic acids is 1. The summed E-state index contributed by atoms with van der Waals surface area (Å²) in [5.41, 5.74) is 1.23. The Morgan fingerprint density at radius 3 is 2.74 bits per heavy atom. The zero-order chi connectivity index (χ0) is 17.0. The van der Waals surface area contributed by atoms with E-state index in [0.29, 0.717) is 18.7 Å². The van der Waals surface area contributed by atoms with Crippen molar-refractivity contribution in [2.75, 3.05) is 13.6 Å². The van der Waals surface area contributed by atoms with Crippen molar-refractivity contribution in [1.82, 2.24) is 19.4 Å². The molecule has 124 valence electrons. The predicted molar refractivity (Wildman–Crippen MR) is 86.3 cm³/mol. The van der Waals surface area contributed by atoms with Crippen LogP contribution in [0.25, 0.3) is 0 Å². The summed E-state index contributed by atoms with van der Waals surface area (Å²) >= 11 is 0. The number of nitrogens with zero attached hydrogens (tertiary/aromatic N) is 3. The maximum absolute atomic E-state index is 12.5. The van der Waals surface area contributed by atoms with Crippen LogP contribution in [0.2, 0.25) is 0 Å². The highest BCUT2D eigenvalue weighted by molar-refractivity contribution is 7.89. The minimum Gasteiger partial charge on any atom is -0.337 e. The number of hydrogen-bond donors (Lipinski definition) is 1. The number of aromatic nitrogens is 2. The molecule has 0 radical (unpaired) electrons. The highest BCUT2D eigenvalue weighted by atomic mass is 32.2. The zero-order valence-corrected chi connectivity index (χ0v) is 14.2. The van der Waals surface area contributed by atoms with Crippen molar-refractivity contribution in [2.24, 2.45) is 7.05 Å². The van der Waals surface area contributed by atoms with Gasteiger partial charge in [-0.1, -0.05) is 13.0 Å². The van der Waals surface area contributed by atoms with E-state index in [2.05, 4.69) is 9.82 Å². The molecule has 8 heteroatoms. The lowest BCUT2D eigenvalue weighted by molar-refractivity contribution is 0.0785. The van der Waals surface area contributed by atoms with Crippen LogP contribution < -0.4 is 4.72 Å². The van der Waals surface area contributed by atoms with E-state index in [4.69, 9.17) is 0 Å². The smallest absolute Gasteiger partial charge is 0.253 e. The van der Waals surface area contributed by atoms with E-state index >= 15 is 0 Å². The highest BCUT2D eigenvalue weighted by Gasteiger charge is 2.17. The van der Waals surface area contributed by atoms with Crippen LogP contribution in [0.5, 0.6) is 0 Å². The number of sulfonamides is 1. The molecule has 23 heavy (non-hydrogen) atoms. The summed E-state index contributed by atoms with van der Waals surface area (Å²) in [6, 6.07) is 6.03. The first-order valence-electron chi connectivity index (χ1n) is 7.16. The number of nitrogens with one attached hydrogen (secondary N) is 1. The molecule has 0 unspecified atom stereocenters. The van der Waals surface area contributed by atoms with Crippen LogP contribution in [0.1, 0.15) is 22.8 Å². The van der Waals surface area contributed by atoms with Crippen molar-refractivity contribution in [3.05, 3.63) is 47.8 Å². The average Bonchev–Trinajstić information content (AvgIpc) is 2.91. The van der Waals surface area contributed by atoms with Gasteiger partial charge in [0.25, 0.3) is 5.91 Å². The zero-order valence-electron chi connectivity index (χ0n) is 13.4. The summed E-state index contributed by atoms with van der Waals surface area (Å²) in [4.78, 5) is 14.1. The Labute approximate surface area is 136 Å². The normalized spacial score (nSPS) is 11.4. The number of rotatable bonds is 6. The molecule has 2 rings (SSSR count). The lowest BCUT2D eigenvalue weighted by Crippen LogP contribution is -2.27. The number of aryl methyl sites for hydroxylation is 1. The Hall–Kier alpha value is -2.19. The summed E-state index contributed by atoms with van der Waals surface area (Å²) in [5, 5.41) is 4.06. The van der Waals surface area contributed by atoms with E-state index in [9.17, 15) is 13.2 Å². The van der Waals surface area contributed by atoms with Gasteiger partial charge in [0, 0.05) is 44.5 Å². The van der Waals surface area contributed by atoms with E-state index in [0.717, 1.165) is 5.56 Å². The summed E-state index contributed by atoms with van der Waals surface area (Å²) in [6.07, 6.45) is 3.52. The summed E-state index contributed by atoms with van der Waals surface area (Å²) in [6.45, 7) is 2.40. The van der Waals surface area contributed by atoms with Crippen molar-refractivity contribution in [2.45, 2.75) is 18.4 Å².